The summed E-state index contributed by atoms with van der Waals surface area (Å²) in [6.45, 7) is 5.72. The Morgan fingerprint density at radius 2 is 2.00 bits per heavy atom. The minimum Gasteiger partial charge on any atom is -0.463 e. The van der Waals surface area contributed by atoms with Gasteiger partial charge in [-0.3, -0.25) is 0 Å². The topological polar surface area (TPSA) is 67.4 Å². The average Bonchev–Trinajstić information content (AvgIpc) is 3.01. The van der Waals surface area contributed by atoms with E-state index < -0.39 is 12.0 Å². The lowest BCUT2D eigenvalue weighted by atomic mass is 10.0. The van der Waals surface area contributed by atoms with Gasteiger partial charge in [0, 0.05) is 26.1 Å². The maximum Gasteiger partial charge on any atom is 0.338 e. The predicted molar refractivity (Wildman–Crippen MR) is 109 cm³/mol. The van der Waals surface area contributed by atoms with Gasteiger partial charge in [-0.2, -0.15) is 0 Å². The first kappa shape index (κ1) is 20.4. The van der Waals surface area contributed by atoms with Crippen LogP contribution in [0.4, 0.5) is 9.18 Å². The fraction of sp³-hybridized carbons (Fsp3) is 0.300. The van der Waals surface area contributed by atoms with Crippen molar-refractivity contribution in [1.29, 1.82) is 0 Å². The van der Waals surface area contributed by atoms with Gasteiger partial charge in [-0.1, -0.05) is 0 Å². The molecule has 0 fully saturated rings. The molecule has 1 aliphatic rings. The molecule has 2 amide bonds. The highest BCUT2D eigenvalue weighted by Crippen LogP contribution is 2.36. The van der Waals surface area contributed by atoms with Crippen LogP contribution in [0.15, 0.2) is 46.5 Å². The van der Waals surface area contributed by atoms with Gasteiger partial charge < -0.3 is 15.4 Å². The molecule has 0 radical (unpaired) electrons. The molecule has 1 unspecified atom stereocenters. The van der Waals surface area contributed by atoms with Crippen molar-refractivity contribution < 1.29 is 18.7 Å². The number of esters is 1. The third-order valence-corrected chi connectivity index (χ3v) is 6.52. The average molecular weight is 421 g/mol. The Balaban J connectivity index is 1.83. The van der Waals surface area contributed by atoms with Crippen molar-refractivity contribution >= 4 is 35.1 Å². The smallest absolute Gasteiger partial charge is 0.338 e. The van der Waals surface area contributed by atoms with Gasteiger partial charge in [0.2, 0.25) is 0 Å². The van der Waals surface area contributed by atoms with Crippen molar-refractivity contribution in [2.75, 3.05) is 6.61 Å². The third-order valence-electron chi connectivity index (χ3n) is 4.30. The zero-order valence-electron chi connectivity index (χ0n) is 15.8. The van der Waals surface area contributed by atoms with Crippen LogP contribution in [-0.2, 0) is 15.3 Å². The van der Waals surface area contributed by atoms with Crippen LogP contribution in [0, 0.1) is 12.7 Å². The zero-order chi connectivity index (χ0) is 20.3. The number of allylic oxidation sites excluding steroid dienone is 1. The Morgan fingerprint density at radius 3 is 2.68 bits per heavy atom. The van der Waals surface area contributed by atoms with Crippen LogP contribution in [0.25, 0.3) is 0 Å². The number of ether oxygens (including phenoxy) is 1. The summed E-state index contributed by atoms with van der Waals surface area (Å²) in [6.07, 6.45) is 0. The number of rotatable bonds is 6. The second-order valence-corrected chi connectivity index (χ2v) is 8.60. The van der Waals surface area contributed by atoms with E-state index in [0.29, 0.717) is 17.0 Å². The minimum absolute atomic E-state index is 0.256. The Kier molecular flexibility index (Phi) is 6.41. The van der Waals surface area contributed by atoms with Crippen LogP contribution in [-0.4, -0.2) is 18.6 Å². The van der Waals surface area contributed by atoms with E-state index in [4.69, 9.17) is 4.74 Å². The number of aryl methyl sites for hydroxylation is 1. The lowest BCUT2D eigenvalue weighted by molar-refractivity contribution is -0.139. The summed E-state index contributed by atoms with van der Waals surface area (Å²) in [5.74, 6) is 0.0177. The molecule has 2 heterocycles. The Hall–Kier alpha value is -2.32. The lowest BCUT2D eigenvalue weighted by Gasteiger charge is -2.27. The highest BCUT2D eigenvalue weighted by molar-refractivity contribution is 7.98. The second kappa shape index (κ2) is 8.79. The number of benzene rings is 1. The van der Waals surface area contributed by atoms with E-state index >= 15 is 0 Å². The number of carbonyl (C=O) groups excluding carboxylic acids is 2. The standard InChI is InChI=1S/C20H21FN2O3S2/c1-4-26-19(24)17-11(2)22-20(25)23-18(17)16-9-13(12(3)28-16)10-27-15-7-5-14(21)6-8-15/h5-9,18H,4,10H2,1-3H3,(H2,22,23,25). The molecule has 1 aliphatic heterocycles. The van der Waals surface area contributed by atoms with E-state index in [2.05, 4.69) is 10.6 Å². The van der Waals surface area contributed by atoms with Crippen molar-refractivity contribution in [1.82, 2.24) is 10.6 Å². The van der Waals surface area contributed by atoms with E-state index in [-0.39, 0.29) is 18.5 Å². The number of urea groups is 1. The number of carbonyl (C=O) groups is 2. The summed E-state index contributed by atoms with van der Waals surface area (Å²) in [5, 5.41) is 5.47. The summed E-state index contributed by atoms with van der Waals surface area (Å²) < 4.78 is 18.2. The van der Waals surface area contributed by atoms with Crippen LogP contribution >= 0.6 is 23.1 Å². The van der Waals surface area contributed by atoms with Gasteiger partial charge in [0.25, 0.3) is 0 Å². The normalized spacial score (nSPS) is 16.6. The minimum atomic E-state index is -0.541. The molecule has 0 bridgehead atoms. The summed E-state index contributed by atoms with van der Waals surface area (Å²) in [7, 11) is 0. The van der Waals surface area contributed by atoms with Gasteiger partial charge in [-0.15, -0.1) is 23.1 Å². The van der Waals surface area contributed by atoms with Crippen molar-refractivity contribution in [3.05, 3.63) is 62.7 Å². The molecule has 1 aromatic carbocycles. The fourth-order valence-electron chi connectivity index (χ4n) is 2.91. The molecular weight excluding hydrogens is 399 g/mol. The van der Waals surface area contributed by atoms with E-state index in [0.717, 1.165) is 20.2 Å². The summed E-state index contributed by atoms with van der Waals surface area (Å²) in [4.78, 5) is 27.4. The van der Waals surface area contributed by atoms with E-state index in [1.54, 1.807) is 49.1 Å². The first-order chi connectivity index (χ1) is 13.4. The number of halogens is 1. The number of hydrogen-bond donors (Lipinski definition) is 2. The maximum absolute atomic E-state index is 13.1. The highest BCUT2D eigenvalue weighted by Gasteiger charge is 2.33. The largest absolute Gasteiger partial charge is 0.463 e. The number of thiophene rings is 1. The zero-order valence-corrected chi connectivity index (χ0v) is 17.4. The molecule has 148 valence electrons. The number of nitrogens with one attached hydrogen (secondary N) is 2. The van der Waals surface area contributed by atoms with Crippen molar-refractivity contribution in [3.63, 3.8) is 0 Å². The van der Waals surface area contributed by atoms with Crippen LogP contribution in [0.3, 0.4) is 0 Å². The molecule has 0 aliphatic carbocycles. The molecule has 3 rings (SSSR count). The van der Waals surface area contributed by atoms with Gasteiger partial charge in [-0.25, -0.2) is 14.0 Å². The van der Waals surface area contributed by atoms with Crippen LogP contribution in [0.1, 0.15) is 35.2 Å². The highest BCUT2D eigenvalue weighted by atomic mass is 32.2. The molecular formula is C20H21FN2O3S2. The van der Waals surface area contributed by atoms with Gasteiger partial charge in [-0.05, 0) is 56.7 Å². The lowest BCUT2D eigenvalue weighted by Crippen LogP contribution is -2.45. The van der Waals surface area contributed by atoms with Crippen molar-refractivity contribution in [3.8, 4) is 0 Å². The first-order valence-corrected chi connectivity index (χ1v) is 10.6. The summed E-state index contributed by atoms with van der Waals surface area (Å²) in [5.41, 5.74) is 2.03. The molecule has 0 spiro atoms. The van der Waals surface area contributed by atoms with E-state index in [9.17, 15) is 14.0 Å². The van der Waals surface area contributed by atoms with Crippen LogP contribution in [0.2, 0.25) is 0 Å². The van der Waals surface area contributed by atoms with Gasteiger partial charge in [0.1, 0.15) is 5.82 Å². The number of amides is 2. The van der Waals surface area contributed by atoms with Crippen LogP contribution < -0.4 is 10.6 Å². The monoisotopic (exact) mass is 420 g/mol. The van der Waals surface area contributed by atoms with Crippen molar-refractivity contribution in [2.24, 2.45) is 0 Å². The number of hydrogen-bond acceptors (Lipinski definition) is 5. The van der Waals surface area contributed by atoms with E-state index in [1.165, 1.54) is 12.1 Å². The molecule has 5 nitrogen and oxygen atoms in total. The van der Waals surface area contributed by atoms with Crippen molar-refractivity contribution in [2.45, 2.75) is 37.5 Å². The molecule has 1 aromatic heterocycles. The second-order valence-electron chi connectivity index (χ2n) is 6.26. The molecule has 8 heteroatoms. The first-order valence-electron chi connectivity index (χ1n) is 8.82. The van der Waals surface area contributed by atoms with Gasteiger partial charge in [0.15, 0.2) is 0 Å². The molecule has 0 saturated carbocycles. The Bertz CT molecular complexity index is 922. The SMILES string of the molecule is CCOC(=O)C1=C(C)NC(=O)NC1c1cc(CSc2ccc(F)cc2)c(C)s1. The predicted octanol–water partition coefficient (Wildman–Crippen LogP) is 4.68. The molecule has 2 aromatic rings. The van der Waals surface area contributed by atoms with Gasteiger partial charge >= 0.3 is 12.0 Å². The quantitative estimate of drug-likeness (QED) is 0.526. The summed E-state index contributed by atoms with van der Waals surface area (Å²) in [6, 6.07) is 7.51. The molecule has 2 N–H and O–H groups in total. The fourth-order valence-corrected chi connectivity index (χ4v) is 5.06. The summed E-state index contributed by atoms with van der Waals surface area (Å²) >= 11 is 3.15. The van der Waals surface area contributed by atoms with Gasteiger partial charge in [0.05, 0.1) is 18.2 Å². The molecule has 1 atom stereocenters. The number of thioether (sulfide) groups is 1. The molecule has 0 saturated heterocycles. The van der Waals surface area contributed by atoms with E-state index in [1.807, 2.05) is 13.0 Å². The third kappa shape index (κ3) is 4.56. The molecule has 28 heavy (non-hydrogen) atoms. The van der Waals surface area contributed by atoms with Crippen LogP contribution in [0.5, 0.6) is 0 Å². The Morgan fingerprint density at radius 1 is 1.29 bits per heavy atom. The Labute approximate surface area is 171 Å². The maximum atomic E-state index is 13.1.